The molecule has 0 saturated carbocycles. The van der Waals surface area contributed by atoms with E-state index in [0.29, 0.717) is 0 Å². The van der Waals surface area contributed by atoms with Crippen molar-refractivity contribution in [2.45, 2.75) is 32.0 Å². The minimum atomic E-state index is -0.00120. The summed E-state index contributed by atoms with van der Waals surface area (Å²) in [5, 5.41) is 0. The second kappa shape index (κ2) is 2.74. The zero-order valence-corrected chi connectivity index (χ0v) is 8.73. The fourth-order valence-corrected chi connectivity index (χ4v) is 1.85. The Kier molecular flexibility index (Phi) is 2.24. The van der Waals surface area contributed by atoms with Crippen LogP contribution in [0, 0.1) is 5.41 Å². The topological polar surface area (TPSA) is 17.1 Å². The monoisotopic (exact) mass is 216 g/mol. The lowest BCUT2D eigenvalue weighted by Gasteiger charge is -2.32. The molecular formula is C9H13BrO. The summed E-state index contributed by atoms with van der Waals surface area (Å²) in [6.07, 6.45) is 2.75. The Morgan fingerprint density at radius 2 is 2.18 bits per heavy atom. The number of alkyl halides is 1. The van der Waals surface area contributed by atoms with Gasteiger partial charge in [-0.05, 0) is 24.8 Å². The maximum Gasteiger partial charge on any atom is 0.169 e. The lowest BCUT2D eigenvalue weighted by Crippen LogP contribution is -2.34. The molecule has 0 aliphatic heterocycles. The molecule has 62 valence electrons. The smallest absolute Gasteiger partial charge is 0.169 e. The van der Waals surface area contributed by atoms with Gasteiger partial charge in [-0.1, -0.05) is 35.4 Å². The summed E-state index contributed by atoms with van der Waals surface area (Å²) in [5.41, 5.74) is 1.27. The van der Waals surface area contributed by atoms with E-state index >= 15 is 0 Å². The Morgan fingerprint density at radius 1 is 1.64 bits per heavy atom. The minimum absolute atomic E-state index is 0.00120. The number of halogens is 1. The summed E-state index contributed by atoms with van der Waals surface area (Å²) < 4.78 is 0. The average Bonchev–Trinajstić information content (AvgIpc) is 1.81. The van der Waals surface area contributed by atoms with Crippen molar-refractivity contribution in [1.29, 1.82) is 0 Å². The van der Waals surface area contributed by atoms with E-state index < -0.39 is 0 Å². The van der Waals surface area contributed by atoms with E-state index in [9.17, 15) is 4.79 Å². The first-order valence-electron chi connectivity index (χ1n) is 3.78. The molecule has 0 aromatic carbocycles. The third-order valence-electron chi connectivity index (χ3n) is 2.06. The number of rotatable bonds is 0. The summed E-state index contributed by atoms with van der Waals surface area (Å²) in [6, 6.07) is 0. The number of hydrogen-bond donors (Lipinski definition) is 0. The van der Waals surface area contributed by atoms with E-state index in [1.165, 1.54) is 5.57 Å². The molecule has 0 spiro atoms. The largest absolute Gasteiger partial charge is 0.294 e. The highest BCUT2D eigenvalue weighted by Gasteiger charge is 2.35. The molecule has 11 heavy (non-hydrogen) atoms. The van der Waals surface area contributed by atoms with Crippen molar-refractivity contribution >= 4 is 21.7 Å². The standard InChI is InChI=1S/C9H13BrO/c1-6-4-7(11)8(10)9(2,3)5-6/h4,8H,5H2,1-3H3. The van der Waals surface area contributed by atoms with Crippen LogP contribution >= 0.6 is 15.9 Å². The molecule has 1 rings (SSSR count). The molecule has 0 amide bonds. The fourth-order valence-electron chi connectivity index (χ4n) is 1.56. The van der Waals surface area contributed by atoms with Crippen molar-refractivity contribution in [2.75, 3.05) is 0 Å². The second-order valence-electron chi connectivity index (χ2n) is 3.92. The van der Waals surface area contributed by atoms with Crippen molar-refractivity contribution in [3.05, 3.63) is 11.6 Å². The normalized spacial score (nSPS) is 30.0. The minimum Gasteiger partial charge on any atom is -0.294 e. The molecule has 2 heteroatoms. The Hall–Kier alpha value is -0.110. The van der Waals surface area contributed by atoms with Gasteiger partial charge in [-0.15, -0.1) is 0 Å². The van der Waals surface area contributed by atoms with Gasteiger partial charge in [0.2, 0.25) is 0 Å². The van der Waals surface area contributed by atoms with Gasteiger partial charge in [0, 0.05) is 0 Å². The maximum atomic E-state index is 11.3. The zero-order valence-electron chi connectivity index (χ0n) is 7.15. The summed E-state index contributed by atoms with van der Waals surface area (Å²) in [7, 11) is 0. The van der Waals surface area contributed by atoms with E-state index in [0.717, 1.165) is 6.42 Å². The summed E-state index contributed by atoms with van der Waals surface area (Å²) in [6.45, 7) is 6.24. The molecule has 0 heterocycles. The van der Waals surface area contributed by atoms with E-state index in [2.05, 4.69) is 29.8 Å². The SMILES string of the molecule is CC1=CC(=O)C(Br)C(C)(C)C1. The van der Waals surface area contributed by atoms with Crippen LogP contribution in [0.15, 0.2) is 11.6 Å². The van der Waals surface area contributed by atoms with Crippen LogP contribution in [0.3, 0.4) is 0 Å². The number of carbonyl (C=O) groups is 1. The molecule has 1 unspecified atom stereocenters. The molecule has 0 aromatic rings. The van der Waals surface area contributed by atoms with Gasteiger partial charge in [-0.25, -0.2) is 0 Å². The molecule has 1 atom stereocenters. The molecule has 0 bridgehead atoms. The summed E-state index contributed by atoms with van der Waals surface area (Å²) in [4.78, 5) is 11.3. The van der Waals surface area contributed by atoms with Crippen LogP contribution in [-0.2, 0) is 4.79 Å². The van der Waals surface area contributed by atoms with E-state index in [1.54, 1.807) is 6.08 Å². The van der Waals surface area contributed by atoms with E-state index in [-0.39, 0.29) is 16.0 Å². The third kappa shape index (κ3) is 1.73. The average molecular weight is 217 g/mol. The van der Waals surface area contributed by atoms with Crippen LogP contribution in [0.1, 0.15) is 27.2 Å². The number of carbonyl (C=O) groups excluding carboxylic acids is 1. The third-order valence-corrected chi connectivity index (χ3v) is 3.75. The maximum absolute atomic E-state index is 11.3. The summed E-state index contributed by atoms with van der Waals surface area (Å²) >= 11 is 3.41. The van der Waals surface area contributed by atoms with Crippen molar-refractivity contribution in [1.82, 2.24) is 0 Å². The van der Waals surface area contributed by atoms with Gasteiger partial charge in [0.1, 0.15) is 0 Å². The van der Waals surface area contributed by atoms with E-state index in [4.69, 9.17) is 0 Å². The molecule has 0 saturated heterocycles. The molecule has 0 aromatic heterocycles. The second-order valence-corrected chi connectivity index (χ2v) is 4.84. The van der Waals surface area contributed by atoms with Gasteiger partial charge < -0.3 is 0 Å². The van der Waals surface area contributed by atoms with Gasteiger partial charge >= 0.3 is 0 Å². The Balaban J connectivity index is 2.94. The van der Waals surface area contributed by atoms with Crippen molar-refractivity contribution in [3.63, 3.8) is 0 Å². The quantitative estimate of drug-likeness (QED) is 0.570. The van der Waals surface area contributed by atoms with Crippen LogP contribution in [0.4, 0.5) is 0 Å². The van der Waals surface area contributed by atoms with Crippen LogP contribution in [0.5, 0.6) is 0 Å². The highest BCUT2D eigenvalue weighted by atomic mass is 79.9. The summed E-state index contributed by atoms with van der Waals surface area (Å²) in [5.74, 6) is 0.207. The Morgan fingerprint density at radius 3 is 2.64 bits per heavy atom. The van der Waals surface area contributed by atoms with E-state index in [1.807, 2.05) is 6.92 Å². The van der Waals surface area contributed by atoms with Crippen LogP contribution in [-0.4, -0.2) is 10.6 Å². The first-order valence-corrected chi connectivity index (χ1v) is 4.70. The predicted molar refractivity (Wildman–Crippen MR) is 49.9 cm³/mol. The molecule has 1 aliphatic rings. The van der Waals surface area contributed by atoms with Gasteiger partial charge in [-0.2, -0.15) is 0 Å². The number of allylic oxidation sites excluding steroid dienone is 2. The van der Waals surface area contributed by atoms with Crippen molar-refractivity contribution in [2.24, 2.45) is 5.41 Å². The molecule has 1 nitrogen and oxygen atoms in total. The molecular weight excluding hydrogens is 204 g/mol. The van der Waals surface area contributed by atoms with Crippen molar-refractivity contribution in [3.8, 4) is 0 Å². The lowest BCUT2D eigenvalue weighted by molar-refractivity contribution is -0.116. The van der Waals surface area contributed by atoms with Gasteiger partial charge in [0.05, 0.1) is 4.83 Å². The molecule has 0 N–H and O–H groups in total. The van der Waals surface area contributed by atoms with Crippen LogP contribution < -0.4 is 0 Å². The highest BCUT2D eigenvalue weighted by Crippen LogP contribution is 2.37. The first kappa shape index (κ1) is 8.98. The molecule has 0 fully saturated rings. The number of hydrogen-bond acceptors (Lipinski definition) is 1. The predicted octanol–water partition coefficient (Wildman–Crippen LogP) is 2.70. The zero-order chi connectivity index (χ0) is 8.65. The highest BCUT2D eigenvalue weighted by molar-refractivity contribution is 9.10. The molecule has 0 radical (unpaired) electrons. The molecule has 1 aliphatic carbocycles. The van der Waals surface area contributed by atoms with Gasteiger partial charge in [0.15, 0.2) is 5.78 Å². The van der Waals surface area contributed by atoms with Gasteiger partial charge in [0.25, 0.3) is 0 Å². The first-order chi connectivity index (χ1) is 4.93. The lowest BCUT2D eigenvalue weighted by atomic mass is 9.77. The van der Waals surface area contributed by atoms with Crippen molar-refractivity contribution < 1.29 is 4.79 Å². The van der Waals surface area contributed by atoms with Gasteiger partial charge in [-0.3, -0.25) is 4.79 Å². The Labute approximate surface area is 76.0 Å². The van der Waals surface area contributed by atoms with Crippen LogP contribution in [0.25, 0.3) is 0 Å². The Bertz CT molecular complexity index is 216. The fraction of sp³-hybridized carbons (Fsp3) is 0.667. The number of ketones is 1. The van der Waals surface area contributed by atoms with Crippen LogP contribution in [0.2, 0.25) is 0 Å².